The fraction of sp³-hybridized carbons (Fsp3) is 0.273. The first-order chi connectivity index (χ1) is 5.45. The van der Waals surface area contributed by atoms with E-state index in [9.17, 15) is 0 Å². The maximum Gasteiger partial charge on any atom is 4.00 e. The second kappa shape index (κ2) is 9.51. The summed E-state index contributed by atoms with van der Waals surface area (Å²) in [7, 11) is 0. The van der Waals surface area contributed by atoms with Crippen LogP contribution in [0.25, 0.3) is 0 Å². The summed E-state index contributed by atoms with van der Waals surface area (Å²) in [4.78, 5) is 0. The SMILES string of the molecule is C1=CCC(CC2=CC=CC2)=C1.[Hf+4].[I-].[I-]. The van der Waals surface area contributed by atoms with Gasteiger partial charge in [-0.15, -0.1) is 0 Å². The molecule has 0 atom stereocenters. The van der Waals surface area contributed by atoms with Crippen LogP contribution in [0.4, 0.5) is 0 Å². The maximum atomic E-state index is 2.24. The van der Waals surface area contributed by atoms with Crippen LogP contribution in [0.2, 0.25) is 0 Å². The van der Waals surface area contributed by atoms with Crippen molar-refractivity contribution in [3.63, 3.8) is 0 Å². The van der Waals surface area contributed by atoms with E-state index in [2.05, 4.69) is 36.5 Å². The molecule has 0 nitrogen and oxygen atoms in total. The molecule has 0 aliphatic heterocycles. The molecule has 0 aromatic rings. The molecular weight excluding hydrogens is 564 g/mol. The van der Waals surface area contributed by atoms with Crippen LogP contribution in [-0.4, -0.2) is 0 Å². The van der Waals surface area contributed by atoms with Crippen molar-refractivity contribution in [2.75, 3.05) is 0 Å². The minimum absolute atomic E-state index is 0. The van der Waals surface area contributed by atoms with Crippen molar-refractivity contribution in [2.45, 2.75) is 19.3 Å². The molecule has 0 amide bonds. The summed E-state index contributed by atoms with van der Waals surface area (Å²) in [5, 5.41) is 0. The van der Waals surface area contributed by atoms with Gasteiger partial charge in [-0.2, -0.15) is 0 Å². The zero-order valence-electron chi connectivity index (χ0n) is 7.84. The van der Waals surface area contributed by atoms with Crippen molar-refractivity contribution in [3.05, 3.63) is 47.6 Å². The monoisotopic (exact) mass is 578 g/mol. The Morgan fingerprint density at radius 1 is 0.857 bits per heavy atom. The molecule has 0 saturated heterocycles. The molecule has 0 fully saturated rings. The molecule has 0 radical (unpaired) electrons. The first-order valence-electron chi connectivity index (χ1n) is 4.14. The number of rotatable bonds is 2. The number of hydrogen-bond acceptors (Lipinski definition) is 0. The van der Waals surface area contributed by atoms with Gasteiger partial charge < -0.3 is 48.0 Å². The number of halogens is 2. The molecule has 14 heavy (non-hydrogen) atoms. The van der Waals surface area contributed by atoms with Crippen LogP contribution in [0.1, 0.15) is 19.3 Å². The van der Waals surface area contributed by atoms with Crippen molar-refractivity contribution in [1.29, 1.82) is 0 Å². The Balaban J connectivity index is 0. The van der Waals surface area contributed by atoms with Gasteiger partial charge in [0.05, 0.1) is 0 Å². The molecular formula is C11H12HfI2+2. The summed E-state index contributed by atoms with van der Waals surface area (Å²) >= 11 is 0. The van der Waals surface area contributed by atoms with Gasteiger partial charge in [0.2, 0.25) is 0 Å². The van der Waals surface area contributed by atoms with Gasteiger partial charge in [0.15, 0.2) is 0 Å². The quantitative estimate of drug-likeness (QED) is 0.246. The number of allylic oxidation sites excluding steroid dienone is 8. The zero-order chi connectivity index (χ0) is 7.52. The summed E-state index contributed by atoms with van der Waals surface area (Å²) in [6.45, 7) is 0. The topological polar surface area (TPSA) is 0 Å². The molecule has 0 bridgehead atoms. The van der Waals surface area contributed by atoms with E-state index in [0.29, 0.717) is 0 Å². The molecule has 2 aliphatic rings. The third-order valence-corrected chi connectivity index (χ3v) is 2.15. The van der Waals surface area contributed by atoms with Crippen molar-refractivity contribution in [1.82, 2.24) is 0 Å². The molecule has 2 aliphatic carbocycles. The van der Waals surface area contributed by atoms with Gasteiger partial charge in [-0.25, -0.2) is 0 Å². The summed E-state index contributed by atoms with van der Waals surface area (Å²) in [6, 6.07) is 0. The maximum absolute atomic E-state index is 2.24. The number of hydrogen-bond donors (Lipinski definition) is 0. The predicted molar refractivity (Wildman–Crippen MR) is 48.3 cm³/mol. The summed E-state index contributed by atoms with van der Waals surface area (Å²) < 4.78 is 0. The van der Waals surface area contributed by atoms with Crippen LogP contribution < -0.4 is 48.0 Å². The van der Waals surface area contributed by atoms with E-state index in [4.69, 9.17) is 0 Å². The minimum atomic E-state index is 0. The first kappa shape index (κ1) is 17.7. The van der Waals surface area contributed by atoms with Crippen molar-refractivity contribution < 1.29 is 73.8 Å². The Kier molecular flexibility index (Phi) is 12.0. The van der Waals surface area contributed by atoms with Gasteiger partial charge in [-0.3, -0.25) is 0 Å². The van der Waals surface area contributed by atoms with Crippen LogP contribution in [0.3, 0.4) is 0 Å². The van der Waals surface area contributed by atoms with Crippen LogP contribution in [0.5, 0.6) is 0 Å². The van der Waals surface area contributed by atoms with Crippen LogP contribution in [0, 0.1) is 0 Å². The average Bonchev–Trinajstić information content (AvgIpc) is 2.60. The van der Waals surface area contributed by atoms with E-state index in [0.717, 1.165) is 12.8 Å². The Morgan fingerprint density at radius 3 is 1.57 bits per heavy atom. The second-order valence-electron chi connectivity index (χ2n) is 3.09. The van der Waals surface area contributed by atoms with E-state index in [1.165, 1.54) is 6.42 Å². The Labute approximate surface area is 139 Å². The minimum Gasteiger partial charge on any atom is -1.00 e. The van der Waals surface area contributed by atoms with Crippen LogP contribution in [0.15, 0.2) is 47.6 Å². The Morgan fingerprint density at radius 2 is 1.29 bits per heavy atom. The predicted octanol–water partition coefficient (Wildman–Crippen LogP) is -2.85. The molecule has 72 valence electrons. The molecule has 0 aromatic heterocycles. The van der Waals surface area contributed by atoms with E-state index in [1.54, 1.807) is 11.1 Å². The third kappa shape index (κ3) is 5.39. The van der Waals surface area contributed by atoms with Crippen molar-refractivity contribution in [3.8, 4) is 0 Å². The smallest absolute Gasteiger partial charge is 1.00 e. The fourth-order valence-electron chi connectivity index (χ4n) is 1.54. The molecule has 3 heteroatoms. The molecule has 0 saturated carbocycles. The van der Waals surface area contributed by atoms with E-state index >= 15 is 0 Å². The molecule has 2 rings (SSSR count). The summed E-state index contributed by atoms with van der Waals surface area (Å²) in [5.41, 5.74) is 3.11. The van der Waals surface area contributed by atoms with Crippen molar-refractivity contribution >= 4 is 0 Å². The van der Waals surface area contributed by atoms with Gasteiger partial charge in [0, 0.05) is 0 Å². The largest absolute Gasteiger partial charge is 4.00 e. The van der Waals surface area contributed by atoms with E-state index in [1.807, 2.05) is 0 Å². The molecule has 0 N–H and O–H groups in total. The van der Waals surface area contributed by atoms with Crippen LogP contribution >= 0.6 is 0 Å². The normalized spacial score (nSPS) is 16.3. The molecule has 0 heterocycles. The van der Waals surface area contributed by atoms with Crippen LogP contribution in [-0.2, 0) is 25.8 Å². The molecule has 0 spiro atoms. The summed E-state index contributed by atoms with van der Waals surface area (Å²) in [5.74, 6) is 0. The standard InChI is InChI=1S/C11H12.Hf.2HI/c1-2-6-10(5-1)9-11-7-3-4-8-11;;;/h1-5,7H,6,8-9H2;;2*1H/q;+4;;/p-2. The first-order valence-corrected chi connectivity index (χ1v) is 4.14. The Bertz CT molecular complexity index is 247. The van der Waals surface area contributed by atoms with Gasteiger partial charge in [-0.1, -0.05) is 47.6 Å². The summed E-state index contributed by atoms with van der Waals surface area (Å²) in [6.07, 6.45) is 16.7. The fourth-order valence-corrected chi connectivity index (χ4v) is 1.54. The van der Waals surface area contributed by atoms with Gasteiger partial charge in [0.25, 0.3) is 0 Å². The molecule has 0 aromatic carbocycles. The Hall–Kier alpha value is 1.29. The molecule has 0 unspecified atom stereocenters. The zero-order valence-corrected chi connectivity index (χ0v) is 15.7. The van der Waals surface area contributed by atoms with Gasteiger partial charge in [0.1, 0.15) is 0 Å². The third-order valence-electron chi connectivity index (χ3n) is 2.15. The van der Waals surface area contributed by atoms with E-state index in [-0.39, 0.29) is 73.8 Å². The average molecular weight is 577 g/mol. The second-order valence-corrected chi connectivity index (χ2v) is 3.09. The van der Waals surface area contributed by atoms with Gasteiger partial charge >= 0.3 is 25.8 Å². The van der Waals surface area contributed by atoms with E-state index < -0.39 is 0 Å². The van der Waals surface area contributed by atoms with Crippen molar-refractivity contribution in [2.24, 2.45) is 0 Å². The van der Waals surface area contributed by atoms with Gasteiger partial charge in [-0.05, 0) is 19.3 Å².